The molecule has 4 heteroatoms. The maximum atomic E-state index is 5.99. The molecule has 1 unspecified atom stereocenters. The van der Waals surface area contributed by atoms with Crippen molar-refractivity contribution in [1.29, 1.82) is 0 Å². The van der Waals surface area contributed by atoms with E-state index in [4.69, 9.17) is 20.9 Å². The molecule has 0 amide bonds. The highest BCUT2D eigenvalue weighted by molar-refractivity contribution is 5.44. The minimum atomic E-state index is -0.422. The molecule has 0 spiro atoms. The summed E-state index contributed by atoms with van der Waals surface area (Å²) in [5.74, 6) is 8.20. The van der Waals surface area contributed by atoms with Crippen molar-refractivity contribution in [2.24, 2.45) is 5.73 Å². The Morgan fingerprint density at radius 3 is 2.88 bits per heavy atom. The Balaban J connectivity index is 1.79. The first-order valence-electron chi connectivity index (χ1n) is 8.10. The first-order chi connectivity index (χ1) is 12.2. The molecule has 0 bridgehead atoms. The van der Waals surface area contributed by atoms with E-state index in [1.807, 2.05) is 54.7 Å². The van der Waals surface area contributed by atoms with Crippen molar-refractivity contribution in [3.63, 3.8) is 0 Å². The van der Waals surface area contributed by atoms with Crippen LogP contribution in [0.1, 0.15) is 12.8 Å². The molecule has 126 valence electrons. The Kier molecular flexibility index (Phi) is 5.28. The van der Waals surface area contributed by atoms with Crippen molar-refractivity contribution in [2.75, 3.05) is 5.73 Å². The van der Waals surface area contributed by atoms with Crippen LogP contribution in [0.4, 0.5) is 5.69 Å². The normalized spacial score (nSPS) is 20.5. The molecule has 4 N–H and O–H groups in total. The second-order valence-electron chi connectivity index (χ2n) is 5.60. The lowest BCUT2D eigenvalue weighted by molar-refractivity contribution is 0.206. The van der Waals surface area contributed by atoms with Crippen molar-refractivity contribution >= 4 is 5.69 Å². The molecule has 0 aromatic heterocycles. The Morgan fingerprint density at radius 2 is 2.00 bits per heavy atom. The third kappa shape index (κ3) is 5.08. The van der Waals surface area contributed by atoms with Crippen LogP contribution in [-0.4, -0.2) is 6.10 Å². The van der Waals surface area contributed by atoms with Crippen molar-refractivity contribution in [1.82, 2.24) is 0 Å². The quantitative estimate of drug-likeness (QED) is 0.653. The standard InChI is InChI=1S/C21H20N2O2/c22-16-7-4-5-11-18(13-16)24-20-9-2-1-3-10-21(15-20)25-19-12-6-8-17(23)14-19/h3-4,6-8,10-15,20H,1,5,22-23H2/b10-3-,21-15?. The lowest BCUT2D eigenvalue weighted by Gasteiger charge is -2.14. The van der Waals surface area contributed by atoms with E-state index in [2.05, 4.69) is 11.8 Å². The number of hydrogen-bond donors (Lipinski definition) is 2. The van der Waals surface area contributed by atoms with Crippen molar-refractivity contribution < 1.29 is 9.47 Å². The van der Waals surface area contributed by atoms with Gasteiger partial charge in [0.05, 0.1) is 0 Å². The van der Waals surface area contributed by atoms with Gasteiger partial charge >= 0.3 is 0 Å². The van der Waals surface area contributed by atoms with Gasteiger partial charge in [-0.2, -0.15) is 0 Å². The van der Waals surface area contributed by atoms with Gasteiger partial charge in [-0.1, -0.05) is 30.1 Å². The first kappa shape index (κ1) is 16.5. The van der Waals surface area contributed by atoms with Crippen LogP contribution >= 0.6 is 0 Å². The van der Waals surface area contributed by atoms with E-state index in [-0.39, 0.29) is 0 Å². The van der Waals surface area contributed by atoms with Crippen LogP contribution in [0.15, 0.2) is 84.0 Å². The van der Waals surface area contributed by atoms with Gasteiger partial charge in [0.25, 0.3) is 0 Å². The average molecular weight is 332 g/mol. The van der Waals surface area contributed by atoms with E-state index in [1.54, 1.807) is 12.1 Å². The predicted molar refractivity (Wildman–Crippen MR) is 100 cm³/mol. The molecule has 1 aromatic rings. The minimum absolute atomic E-state index is 0.422. The zero-order valence-corrected chi connectivity index (χ0v) is 13.8. The van der Waals surface area contributed by atoms with Crippen LogP contribution in [0.25, 0.3) is 0 Å². The Hall–Kier alpha value is -3.32. The third-order valence-corrected chi connectivity index (χ3v) is 3.49. The number of anilines is 1. The molecule has 0 saturated carbocycles. The van der Waals surface area contributed by atoms with Gasteiger partial charge in [-0.3, -0.25) is 0 Å². The van der Waals surface area contributed by atoms with E-state index >= 15 is 0 Å². The van der Waals surface area contributed by atoms with E-state index in [1.165, 1.54) is 0 Å². The zero-order valence-electron chi connectivity index (χ0n) is 13.8. The summed E-state index contributed by atoms with van der Waals surface area (Å²) in [4.78, 5) is 0. The fourth-order valence-electron chi connectivity index (χ4n) is 2.37. The summed E-state index contributed by atoms with van der Waals surface area (Å²) < 4.78 is 11.9. The number of rotatable bonds is 4. The number of hydrogen-bond acceptors (Lipinski definition) is 4. The topological polar surface area (TPSA) is 70.5 Å². The second kappa shape index (κ2) is 7.98. The Bertz CT molecular complexity index is 848. The van der Waals surface area contributed by atoms with Crippen LogP contribution in [-0.2, 0) is 4.74 Å². The molecule has 3 rings (SSSR count). The van der Waals surface area contributed by atoms with Gasteiger partial charge in [0.2, 0.25) is 0 Å². The molecule has 0 fully saturated rings. The molecule has 1 aromatic carbocycles. The second-order valence-corrected chi connectivity index (χ2v) is 5.60. The van der Waals surface area contributed by atoms with Crippen LogP contribution in [0, 0.1) is 11.8 Å². The molecule has 25 heavy (non-hydrogen) atoms. The number of benzene rings is 1. The molecule has 0 aliphatic heterocycles. The summed E-state index contributed by atoms with van der Waals surface area (Å²) >= 11 is 0. The van der Waals surface area contributed by atoms with E-state index in [9.17, 15) is 0 Å². The fourth-order valence-corrected chi connectivity index (χ4v) is 2.37. The molecular formula is C21H20N2O2. The smallest absolute Gasteiger partial charge is 0.181 e. The highest BCUT2D eigenvalue weighted by atomic mass is 16.5. The largest absolute Gasteiger partial charge is 0.474 e. The summed E-state index contributed by atoms with van der Waals surface area (Å²) in [6, 6.07) is 7.30. The summed E-state index contributed by atoms with van der Waals surface area (Å²) in [6.07, 6.45) is 14.3. The van der Waals surface area contributed by atoms with Crippen molar-refractivity contribution in [2.45, 2.75) is 18.9 Å². The summed E-state index contributed by atoms with van der Waals surface area (Å²) in [5, 5.41) is 0. The lowest BCUT2D eigenvalue weighted by atomic mass is 10.2. The van der Waals surface area contributed by atoms with E-state index < -0.39 is 6.10 Å². The van der Waals surface area contributed by atoms with Gasteiger partial charge in [0.15, 0.2) is 6.10 Å². The Labute approximate surface area is 147 Å². The van der Waals surface area contributed by atoms with Crippen LogP contribution < -0.4 is 16.2 Å². The molecule has 0 heterocycles. The van der Waals surface area contributed by atoms with Gasteiger partial charge in [-0.05, 0) is 36.8 Å². The summed E-state index contributed by atoms with van der Waals surface area (Å²) in [6.45, 7) is 0. The van der Waals surface area contributed by atoms with Gasteiger partial charge < -0.3 is 20.9 Å². The number of nitrogen functional groups attached to an aromatic ring is 1. The number of ether oxygens (including phenoxy) is 2. The lowest BCUT2D eigenvalue weighted by Crippen LogP contribution is -2.10. The summed E-state index contributed by atoms with van der Waals surface area (Å²) in [5.41, 5.74) is 13.0. The zero-order chi connectivity index (χ0) is 17.5. The van der Waals surface area contributed by atoms with Crippen molar-refractivity contribution in [3.05, 3.63) is 84.0 Å². The molecule has 4 nitrogen and oxygen atoms in total. The minimum Gasteiger partial charge on any atom is -0.474 e. The molecular weight excluding hydrogens is 312 g/mol. The van der Waals surface area contributed by atoms with E-state index in [0.29, 0.717) is 35.1 Å². The van der Waals surface area contributed by atoms with Gasteiger partial charge in [-0.25, -0.2) is 0 Å². The van der Waals surface area contributed by atoms with Gasteiger partial charge in [0, 0.05) is 36.0 Å². The van der Waals surface area contributed by atoms with Crippen LogP contribution in [0.5, 0.6) is 5.75 Å². The molecule has 2 aliphatic rings. The number of allylic oxidation sites excluding steroid dienone is 6. The SMILES string of the molecule is NC1=CC(OC2C#CC/C=C\C(Oc3cccc(N)c3)=C2)=CCC=C1. The average Bonchev–Trinajstić information content (AvgIpc) is 2.75. The van der Waals surface area contributed by atoms with Gasteiger partial charge in [0.1, 0.15) is 17.3 Å². The predicted octanol–water partition coefficient (Wildman–Crippen LogP) is 3.57. The number of nitrogens with two attached hydrogens (primary N) is 2. The monoisotopic (exact) mass is 332 g/mol. The molecule has 1 atom stereocenters. The first-order valence-corrected chi connectivity index (χ1v) is 8.10. The highest BCUT2D eigenvalue weighted by Crippen LogP contribution is 2.20. The molecule has 2 aliphatic carbocycles. The van der Waals surface area contributed by atoms with Crippen LogP contribution in [0.2, 0.25) is 0 Å². The third-order valence-electron chi connectivity index (χ3n) is 3.49. The van der Waals surface area contributed by atoms with Crippen molar-refractivity contribution in [3.8, 4) is 17.6 Å². The molecule has 0 saturated heterocycles. The maximum absolute atomic E-state index is 5.99. The Morgan fingerprint density at radius 1 is 1.08 bits per heavy atom. The van der Waals surface area contributed by atoms with E-state index in [0.717, 1.165) is 6.42 Å². The van der Waals surface area contributed by atoms with Gasteiger partial charge in [-0.15, -0.1) is 0 Å². The highest BCUT2D eigenvalue weighted by Gasteiger charge is 2.10. The fraction of sp³-hybridized carbons (Fsp3) is 0.143. The van der Waals surface area contributed by atoms with Crippen LogP contribution in [0.3, 0.4) is 0 Å². The maximum Gasteiger partial charge on any atom is 0.181 e. The summed E-state index contributed by atoms with van der Waals surface area (Å²) in [7, 11) is 0. The molecule has 0 radical (unpaired) electrons.